The molecule has 0 saturated carbocycles. The van der Waals surface area contributed by atoms with Gasteiger partial charge in [0.05, 0.1) is 11.1 Å². The van der Waals surface area contributed by atoms with Crippen molar-refractivity contribution in [3.05, 3.63) is 59.9 Å². The minimum absolute atomic E-state index is 0.300. The first-order valence-electron chi connectivity index (χ1n) is 7.32. The van der Waals surface area contributed by atoms with E-state index in [-0.39, 0.29) is 0 Å². The van der Waals surface area contributed by atoms with Gasteiger partial charge in [0, 0.05) is 31.9 Å². The molecule has 0 atom stereocenters. The summed E-state index contributed by atoms with van der Waals surface area (Å²) in [5.41, 5.74) is 1.87. The van der Waals surface area contributed by atoms with Crippen LogP contribution in [-0.2, 0) is 23.6 Å². The van der Waals surface area contributed by atoms with Crippen LogP contribution in [0.5, 0.6) is 0 Å². The summed E-state index contributed by atoms with van der Waals surface area (Å²) in [5, 5.41) is 6.10. The van der Waals surface area contributed by atoms with E-state index in [1.807, 2.05) is 44.3 Å². The zero-order chi connectivity index (χ0) is 16.6. The lowest BCUT2D eigenvalue weighted by Crippen LogP contribution is -2.26. The highest BCUT2D eigenvalue weighted by atomic mass is 32.2. The molecule has 0 saturated heterocycles. The molecule has 0 unspecified atom stereocenters. The van der Waals surface area contributed by atoms with Gasteiger partial charge in [0.15, 0.2) is 0 Å². The van der Waals surface area contributed by atoms with Gasteiger partial charge in [-0.2, -0.15) is 9.40 Å². The molecule has 23 heavy (non-hydrogen) atoms. The summed E-state index contributed by atoms with van der Waals surface area (Å²) in [6, 6.07) is 12.9. The van der Waals surface area contributed by atoms with Crippen LogP contribution in [0.1, 0.15) is 11.3 Å². The van der Waals surface area contributed by atoms with E-state index in [1.54, 1.807) is 30.1 Å². The van der Waals surface area contributed by atoms with E-state index in [2.05, 4.69) is 5.10 Å². The van der Waals surface area contributed by atoms with Gasteiger partial charge in [-0.3, -0.25) is 4.68 Å². The van der Waals surface area contributed by atoms with Gasteiger partial charge in [0.1, 0.15) is 0 Å². The van der Waals surface area contributed by atoms with E-state index in [0.29, 0.717) is 11.4 Å². The molecule has 120 valence electrons. The largest absolute Gasteiger partial charge is 0.273 e. The van der Waals surface area contributed by atoms with Crippen LogP contribution in [0, 0.1) is 6.92 Å². The molecular weight excluding hydrogens is 310 g/mol. The number of nitrogens with zero attached hydrogens (tertiary/aromatic N) is 3. The lowest BCUT2D eigenvalue weighted by molar-refractivity contribution is 0.465. The van der Waals surface area contributed by atoms with E-state index in [9.17, 15) is 8.42 Å². The molecule has 6 heteroatoms. The van der Waals surface area contributed by atoms with Crippen molar-refractivity contribution >= 4 is 20.8 Å². The first kappa shape index (κ1) is 15.7. The summed E-state index contributed by atoms with van der Waals surface area (Å²) >= 11 is 0. The minimum Gasteiger partial charge on any atom is -0.273 e. The number of sulfonamides is 1. The molecule has 0 aliphatic carbocycles. The third-order valence-electron chi connectivity index (χ3n) is 4.16. The summed E-state index contributed by atoms with van der Waals surface area (Å²) in [4.78, 5) is 0.306. The maximum Gasteiger partial charge on any atom is 0.243 e. The van der Waals surface area contributed by atoms with Crippen molar-refractivity contribution in [2.75, 3.05) is 7.05 Å². The molecule has 3 rings (SSSR count). The van der Waals surface area contributed by atoms with Crippen molar-refractivity contribution in [1.82, 2.24) is 14.1 Å². The van der Waals surface area contributed by atoms with Gasteiger partial charge >= 0.3 is 0 Å². The Morgan fingerprint density at radius 1 is 1.13 bits per heavy atom. The van der Waals surface area contributed by atoms with Crippen LogP contribution >= 0.6 is 0 Å². The predicted molar refractivity (Wildman–Crippen MR) is 90.5 cm³/mol. The maximum atomic E-state index is 12.8. The number of rotatable bonds is 4. The number of aryl methyl sites for hydroxylation is 1. The highest BCUT2D eigenvalue weighted by Gasteiger charge is 2.22. The van der Waals surface area contributed by atoms with Gasteiger partial charge in [-0.1, -0.05) is 30.3 Å². The zero-order valence-electron chi connectivity index (χ0n) is 13.4. The zero-order valence-corrected chi connectivity index (χ0v) is 14.2. The van der Waals surface area contributed by atoms with Gasteiger partial charge in [0.25, 0.3) is 0 Å². The lowest BCUT2D eigenvalue weighted by Gasteiger charge is -2.17. The summed E-state index contributed by atoms with van der Waals surface area (Å²) in [7, 11) is -0.102. The van der Waals surface area contributed by atoms with Crippen LogP contribution < -0.4 is 0 Å². The molecule has 5 nitrogen and oxygen atoms in total. The highest BCUT2D eigenvalue weighted by Crippen LogP contribution is 2.22. The van der Waals surface area contributed by atoms with Crippen LogP contribution in [-0.4, -0.2) is 29.6 Å². The third kappa shape index (κ3) is 2.87. The Kier molecular flexibility index (Phi) is 3.95. The Bertz CT molecular complexity index is 961. The van der Waals surface area contributed by atoms with E-state index in [4.69, 9.17) is 0 Å². The number of hydrogen-bond acceptors (Lipinski definition) is 3. The molecule has 0 aliphatic heterocycles. The molecule has 1 aromatic heterocycles. The second kappa shape index (κ2) is 5.79. The highest BCUT2D eigenvalue weighted by molar-refractivity contribution is 7.89. The fourth-order valence-electron chi connectivity index (χ4n) is 2.53. The van der Waals surface area contributed by atoms with Crippen molar-refractivity contribution in [1.29, 1.82) is 0 Å². The normalized spacial score (nSPS) is 12.2. The van der Waals surface area contributed by atoms with Crippen LogP contribution in [0.2, 0.25) is 0 Å². The number of fused-ring (bicyclic) bond motifs is 1. The SMILES string of the molecule is Cc1c(CN(C)S(=O)(=O)c2ccc3ccccc3c2)cnn1C. The number of benzene rings is 2. The van der Waals surface area contributed by atoms with Crippen molar-refractivity contribution in [3.8, 4) is 0 Å². The summed E-state index contributed by atoms with van der Waals surface area (Å²) in [6.07, 6.45) is 1.71. The molecule has 0 amide bonds. The molecular formula is C17H19N3O2S. The van der Waals surface area contributed by atoms with E-state index >= 15 is 0 Å². The van der Waals surface area contributed by atoms with Gasteiger partial charge in [-0.15, -0.1) is 0 Å². The molecule has 2 aromatic carbocycles. The Labute approximate surface area is 136 Å². The Balaban J connectivity index is 1.94. The first-order chi connectivity index (χ1) is 10.9. The van der Waals surface area contributed by atoms with E-state index < -0.39 is 10.0 Å². The fraction of sp³-hybridized carbons (Fsp3) is 0.235. The molecule has 0 fully saturated rings. The molecule has 1 heterocycles. The van der Waals surface area contributed by atoms with Crippen molar-refractivity contribution in [2.24, 2.45) is 7.05 Å². The van der Waals surface area contributed by atoms with Crippen LogP contribution in [0.3, 0.4) is 0 Å². The maximum absolute atomic E-state index is 12.8. The lowest BCUT2D eigenvalue weighted by atomic mass is 10.1. The third-order valence-corrected chi connectivity index (χ3v) is 5.96. The average Bonchev–Trinajstić information content (AvgIpc) is 2.86. The van der Waals surface area contributed by atoms with Crippen LogP contribution in [0.15, 0.2) is 53.6 Å². The average molecular weight is 329 g/mol. The monoisotopic (exact) mass is 329 g/mol. The number of aromatic nitrogens is 2. The molecule has 0 N–H and O–H groups in total. The molecule has 3 aromatic rings. The van der Waals surface area contributed by atoms with Gasteiger partial charge in [0.2, 0.25) is 10.0 Å². The van der Waals surface area contributed by atoms with Gasteiger partial charge < -0.3 is 0 Å². The molecule has 0 bridgehead atoms. The second-order valence-corrected chi connectivity index (χ2v) is 7.69. The fourth-order valence-corrected chi connectivity index (χ4v) is 3.72. The standard InChI is InChI=1S/C17H19N3O2S/c1-13-16(11-18-20(13)3)12-19(2)23(21,22)17-9-8-14-6-4-5-7-15(14)10-17/h4-11H,12H2,1-3H3. The van der Waals surface area contributed by atoms with Crippen LogP contribution in [0.25, 0.3) is 10.8 Å². The first-order valence-corrected chi connectivity index (χ1v) is 8.76. The minimum atomic E-state index is -3.54. The predicted octanol–water partition coefficient (Wildman–Crippen LogP) is 2.70. The molecule has 0 radical (unpaired) electrons. The Morgan fingerprint density at radius 2 is 1.83 bits per heavy atom. The van der Waals surface area contributed by atoms with Crippen molar-refractivity contribution in [2.45, 2.75) is 18.4 Å². The summed E-state index contributed by atoms with van der Waals surface area (Å²) < 4.78 is 28.7. The summed E-state index contributed by atoms with van der Waals surface area (Å²) in [5.74, 6) is 0. The quantitative estimate of drug-likeness (QED) is 0.739. The topological polar surface area (TPSA) is 55.2 Å². The van der Waals surface area contributed by atoms with Gasteiger partial charge in [-0.05, 0) is 29.8 Å². The van der Waals surface area contributed by atoms with E-state index in [1.165, 1.54) is 4.31 Å². The Hall–Kier alpha value is -2.18. The molecule has 0 spiro atoms. The second-order valence-electron chi connectivity index (χ2n) is 5.65. The van der Waals surface area contributed by atoms with E-state index in [0.717, 1.165) is 22.0 Å². The molecule has 0 aliphatic rings. The van der Waals surface area contributed by atoms with Crippen LogP contribution in [0.4, 0.5) is 0 Å². The van der Waals surface area contributed by atoms with Crippen molar-refractivity contribution < 1.29 is 8.42 Å². The van der Waals surface area contributed by atoms with Gasteiger partial charge in [-0.25, -0.2) is 8.42 Å². The number of hydrogen-bond donors (Lipinski definition) is 0. The van der Waals surface area contributed by atoms with Crippen molar-refractivity contribution in [3.63, 3.8) is 0 Å². The summed E-state index contributed by atoms with van der Waals surface area (Å²) in [6.45, 7) is 2.23. The Morgan fingerprint density at radius 3 is 2.48 bits per heavy atom. The smallest absolute Gasteiger partial charge is 0.243 e.